The SMILES string of the molecule is C#CCC(CO)(CCCC)COCc1ccccc1. The molecule has 1 unspecified atom stereocenters. The minimum Gasteiger partial charge on any atom is -0.396 e. The Hall–Kier alpha value is -1.30. The second-order valence-electron chi connectivity index (χ2n) is 5.12. The highest BCUT2D eigenvalue weighted by Crippen LogP contribution is 2.29. The molecule has 0 saturated carbocycles. The predicted molar refractivity (Wildman–Crippen MR) is 78.6 cm³/mol. The molecule has 0 bridgehead atoms. The number of aliphatic hydroxyl groups excluding tert-OH is 1. The lowest BCUT2D eigenvalue weighted by molar-refractivity contribution is -0.00476. The monoisotopic (exact) mass is 260 g/mol. The Morgan fingerprint density at radius 2 is 2.05 bits per heavy atom. The molecule has 1 aromatic rings. The molecule has 1 aromatic carbocycles. The van der Waals surface area contributed by atoms with Gasteiger partial charge in [-0.2, -0.15) is 0 Å². The van der Waals surface area contributed by atoms with Gasteiger partial charge >= 0.3 is 0 Å². The summed E-state index contributed by atoms with van der Waals surface area (Å²) in [5.41, 5.74) is 0.866. The highest BCUT2D eigenvalue weighted by atomic mass is 16.5. The van der Waals surface area contributed by atoms with Crippen molar-refractivity contribution in [3.05, 3.63) is 35.9 Å². The van der Waals surface area contributed by atoms with Crippen LogP contribution in [0.4, 0.5) is 0 Å². The van der Waals surface area contributed by atoms with E-state index in [0.717, 1.165) is 24.8 Å². The molecule has 1 N–H and O–H groups in total. The summed E-state index contributed by atoms with van der Waals surface area (Å²) >= 11 is 0. The van der Waals surface area contributed by atoms with E-state index in [9.17, 15) is 5.11 Å². The molecule has 19 heavy (non-hydrogen) atoms. The first-order valence-corrected chi connectivity index (χ1v) is 6.92. The highest BCUT2D eigenvalue weighted by molar-refractivity contribution is 5.13. The van der Waals surface area contributed by atoms with E-state index >= 15 is 0 Å². The molecule has 0 aliphatic carbocycles. The third-order valence-electron chi connectivity index (χ3n) is 3.39. The lowest BCUT2D eigenvalue weighted by atomic mass is 9.81. The molecule has 2 heteroatoms. The van der Waals surface area contributed by atoms with Crippen LogP contribution < -0.4 is 0 Å². The molecule has 2 nitrogen and oxygen atoms in total. The summed E-state index contributed by atoms with van der Waals surface area (Å²) in [6, 6.07) is 10.1. The van der Waals surface area contributed by atoms with Crippen molar-refractivity contribution in [1.29, 1.82) is 0 Å². The van der Waals surface area contributed by atoms with Crippen molar-refractivity contribution in [2.24, 2.45) is 5.41 Å². The zero-order valence-corrected chi connectivity index (χ0v) is 11.8. The molecule has 1 atom stereocenters. The summed E-state index contributed by atoms with van der Waals surface area (Å²) in [5, 5.41) is 9.66. The minimum absolute atomic E-state index is 0.0893. The molecule has 0 aliphatic rings. The minimum atomic E-state index is -0.278. The van der Waals surface area contributed by atoms with Crippen molar-refractivity contribution in [3.63, 3.8) is 0 Å². The number of hydrogen-bond acceptors (Lipinski definition) is 2. The molecule has 0 saturated heterocycles. The maximum atomic E-state index is 9.66. The van der Waals surface area contributed by atoms with Gasteiger partial charge < -0.3 is 9.84 Å². The van der Waals surface area contributed by atoms with Crippen LogP contribution in [-0.2, 0) is 11.3 Å². The lowest BCUT2D eigenvalue weighted by Crippen LogP contribution is -2.31. The second kappa shape index (κ2) is 8.74. The van der Waals surface area contributed by atoms with E-state index in [1.165, 1.54) is 0 Å². The number of unbranched alkanes of at least 4 members (excludes halogenated alkanes) is 1. The second-order valence-corrected chi connectivity index (χ2v) is 5.12. The number of aliphatic hydroxyl groups is 1. The summed E-state index contributed by atoms with van der Waals surface area (Å²) in [5.74, 6) is 2.68. The van der Waals surface area contributed by atoms with Crippen molar-refractivity contribution in [1.82, 2.24) is 0 Å². The van der Waals surface area contributed by atoms with Crippen LogP contribution in [0.3, 0.4) is 0 Å². The van der Waals surface area contributed by atoms with Crippen LogP contribution in [0, 0.1) is 17.8 Å². The highest BCUT2D eigenvalue weighted by Gasteiger charge is 2.28. The van der Waals surface area contributed by atoms with Gasteiger partial charge in [-0.25, -0.2) is 0 Å². The Morgan fingerprint density at radius 1 is 1.32 bits per heavy atom. The Bertz CT molecular complexity index is 380. The first kappa shape index (κ1) is 15.8. The van der Waals surface area contributed by atoms with Gasteiger partial charge in [0.05, 0.1) is 19.8 Å². The molecule has 104 valence electrons. The van der Waals surface area contributed by atoms with E-state index in [1.807, 2.05) is 30.3 Å². The summed E-state index contributed by atoms with van der Waals surface area (Å²) in [7, 11) is 0. The van der Waals surface area contributed by atoms with Crippen LogP contribution in [0.5, 0.6) is 0 Å². The summed E-state index contributed by atoms with van der Waals surface area (Å²) in [6.45, 7) is 3.32. The van der Waals surface area contributed by atoms with Crippen LogP contribution in [0.25, 0.3) is 0 Å². The molecular weight excluding hydrogens is 236 g/mol. The van der Waals surface area contributed by atoms with Gasteiger partial charge in [0.2, 0.25) is 0 Å². The normalized spacial score (nSPS) is 13.7. The first-order chi connectivity index (χ1) is 9.26. The molecule has 0 aromatic heterocycles. The summed E-state index contributed by atoms with van der Waals surface area (Å²) in [4.78, 5) is 0. The standard InChI is InChI=1S/C17H24O2/c1-3-5-12-17(14-18,11-4-2)15-19-13-16-9-7-6-8-10-16/h2,6-10,18H,3,5,11-15H2,1H3. The van der Waals surface area contributed by atoms with Gasteiger partial charge in [0.1, 0.15) is 0 Å². The molecule has 0 radical (unpaired) electrons. The zero-order chi connectivity index (χ0) is 14.0. The predicted octanol–water partition coefficient (Wildman–Crippen LogP) is 3.40. The Morgan fingerprint density at radius 3 is 2.63 bits per heavy atom. The fourth-order valence-corrected chi connectivity index (χ4v) is 2.12. The fraction of sp³-hybridized carbons (Fsp3) is 0.529. The number of hydrogen-bond donors (Lipinski definition) is 1. The van der Waals surface area contributed by atoms with Gasteiger partial charge in [0.15, 0.2) is 0 Å². The van der Waals surface area contributed by atoms with E-state index in [2.05, 4.69) is 12.8 Å². The van der Waals surface area contributed by atoms with E-state index < -0.39 is 0 Å². The van der Waals surface area contributed by atoms with Gasteiger partial charge in [-0.1, -0.05) is 50.1 Å². The molecule has 0 fully saturated rings. The van der Waals surface area contributed by atoms with Crippen molar-refractivity contribution in [3.8, 4) is 12.3 Å². The molecule has 0 aliphatic heterocycles. The smallest absolute Gasteiger partial charge is 0.0717 e. The van der Waals surface area contributed by atoms with Gasteiger partial charge in [-0.15, -0.1) is 12.3 Å². The molecule has 0 heterocycles. The zero-order valence-electron chi connectivity index (χ0n) is 11.8. The Labute approximate surface area is 116 Å². The van der Waals surface area contributed by atoms with Gasteiger partial charge in [-0.05, 0) is 12.0 Å². The van der Waals surface area contributed by atoms with Crippen molar-refractivity contribution in [2.45, 2.75) is 39.2 Å². The van der Waals surface area contributed by atoms with Crippen LogP contribution in [0.2, 0.25) is 0 Å². The molecule has 1 rings (SSSR count). The summed E-state index contributed by atoms with van der Waals surface area (Å²) < 4.78 is 5.77. The average molecular weight is 260 g/mol. The third-order valence-corrected chi connectivity index (χ3v) is 3.39. The van der Waals surface area contributed by atoms with Crippen molar-refractivity contribution < 1.29 is 9.84 Å². The average Bonchev–Trinajstić information content (AvgIpc) is 2.46. The number of benzene rings is 1. The number of ether oxygens (including phenoxy) is 1. The van der Waals surface area contributed by atoms with Gasteiger partial charge in [-0.3, -0.25) is 0 Å². The van der Waals surface area contributed by atoms with Crippen LogP contribution in [0.15, 0.2) is 30.3 Å². The number of terminal acetylenes is 1. The Balaban J connectivity index is 2.50. The van der Waals surface area contributed by atoms with Crippen LogP contribution >= 0.6 is 0 Å². The van der Waals surface area contributed by atoms with Gasteiger partial charge in [0.25, 0.3) is 0 Å². The van der Waals surface area contributed by atoms with Crippen LogP contribution in [0.1, 0.15) is 38.2 Å². The topological polar surface area (TPSA) is 29.5 Å². The summed E-state index contributed by atoms with van der Waals surface area (Å²) in [6.07, 6.45) is 9.08. The lowest BCUT2D eigenvalue weighted by Gasteiger charge is -2.29. The maximum Gasteiger partial charge on any atom is 0.0717 e. The largest absolute Gasteiger partial charge is 0.396 e. The Kier molecular flexibility index (Phi) is 7.25. The quantitative estimate of drug-likeness (QED) is 0.690. The third kappa shape index (κ3) is 5.46. The van der Waals surface area contributed by atoms with E-state index in [4.69, 9.17) is 11.2 Å². The molecular formula is C17H24O2. The van der Waals surface area contributed by atoms with E-state index in [1.54, 1.807) is 0 Å². The van der Waals surface area contributed by atoms with E-state index in [-0.39, 0.29) is 12.0 Å². The maximum absolute atomic E-state index is 9.66. The van der Waals surface area contributed by atoms with Crippen molar-refractivity contribution >= 4 is 0 Å². The first-order valence-electron chi connectivity index (χ1n) is 6.92. The molecule has 0 amide bonds. The molecule has 0 spiro atoms. The van der Waals surface area contributed by atoms with Gasteiger partial charge in [0, 0.05) is 11.8 Å². The number of rotatable bonds is 9. The van der Waals surface area contributed by atoms with Crippen LogP contribution in [-0.4, -0.2) is 18.3 Å². The van der Waals surface area contributed by atoms with E-state index in [0.29, 0.717) is 19.6 Å². The fourth-order valence-electron chi connectivity index (χ4n) is 2.12. The van der Waals surface area contributed by atoms with Crippen molar-refractivity contribution in [2.75, 3.05) is 13.2 Å².